The molecule has 0 saturated heterocycles. The average Bonchev–Trinajstić information content (AvgIpc) is 2.36. The van der Waals surface area contributed by atoms with Crippen LogP contribution in [0, 0.1) is 5.92 Å². The van der Waals surface area contributed by atoms with Crippen molar-refractivity contribution in [3.63, 3.8) is 0 Å². The van der Waals surface area contributed by atoms with Crippen LogP contribution < -0.4 is 5.32 Å². The number of nitrogens with one attached hydrogen (secondary N) is 1. The van der Waals surface area contributed by atoms with Crippen molar-refractivity contribution < 1.29 is 14.3 Å². The molecule has 0 heterocycles. The van der Waals surface area contributed by atoms with Crippen LogP contribution in [0.25, 0.3) is 0 Å². The van der Waals surface area contributed by atoms with Crippen molar-refractivity contribution in [3.8, 4) is 0 Å². The van der Waals surface area contributed by atoms with Gasteiger partial charge < -0.3 is 14.8 Å². The van der Waals surface area contributed by atoms with Gasteiger partial charge in [-0.25, -0.2) is 4.79 Å². The summed E-state index contributed by atoms with van der Waals surface area (Å²) in [6.45, 7) is 10.3. The van der Waals surface area contributed by atoms with Crippen LogP contribution in [0.3, 0.4) is 0 Å². The van der Waals surface area contributed by atoms with Crippen molar-refractivity contribution in [2.75, 3.05) is 26.9 Å². The lowest BCUT2D eigenvalue weighted by Crippen LogP contribution is -2.38. The summed E-state index contributed by atoms with van der Waals surface area (Å²) in [6, 6.07) is 0.303. The van der Waals surface area contributed by atoms with Gasteiger partial charge in [0.25, 0.3) is 0 Å². The minimum Gasteiger partial charge on any atom is -0.466 e. The molecule has 0 spiro atoms. The molecule has 0 amide bonds. The molecule has 0 aliphatic heterocycles. The average molecular weight is 257 g/mol. The quantitative estimate of drug-likeness (QED) is 0.508. The number of hydrogen-bond donors (Lipinski definition) is 1. The lowest BCUT2D eigenvalue weighted by Gasteiger charge is -2.21. The molecule has 0 radical (unpaired) electrons. The highest BCUT2D eigenvalue weighted by Crippen LogP contribution is 2.04. The van der Waals surface area contributed by atoms with Gasteiger partial charge in [-0.1, -0.05) is 26.8 Å². The van der Waals surface area contributed by atoms with Crippen molar-refractivity contribution in [3.05, 3.63) is 11.6 Å². The number of hydrogen-bond acceptors (Lipinski definition) is 4. The molecule has 1 atom stereocenters. The van der Waals surface area contributed by atoms with Crippen LogP contribution in [-0.4, -0.2) is 38.9 Å². The summed E-state index contributed by atoms with van der Waals surface area (Å²) in [5.74, 6) is 0.248. The van der Waals surface area contributed by atoms with E-state index in [0.717, 1.165) is 6.61 Å². The maximum atomic E-state index is 11.4. The van der Waals surface area contributed by atoms with Gasteiger partial charge in [0.15, 0.2) is 0 Å². The fourth-order valence-electron chi connectivity index (χ4n) is 1.57. The third-order valence-electron chi connectivity index (χ3n) is 2.86. The molecule has 0 aromatic carbocycles. The summed E-state index contributed by atoms with van der Waals surface area (Å²) < 4.78 is 10.1. The molecule has 0 aliphatic carbocycles. The van der Waals surface area contributed by atoms with E-state index in [0.29, 0.717) is 37.1 Å². The molecule has 18 heavy (non-hydrogen) atoms. The van der Waals surface area contributed by atoms with Crippen LogP contribution in [0.4, 0.5) is 0 Å². The zero-order chi connectivity index (χ0) is 14.0. The molecule has 0 saturated carbocycles. The Morgan fingerprint density at radius 3 is 2.44 bits per heavy atom. The van der Waals surface area contributed by atoms with Crippen LogP contribution in [0.5, 0.6) is 0 Å². The molecule has 0 rings (SSSR count). The summed E-state index contributed by atoms with van der Waals surface area (Å²) in [7, 11) is 1.41. The van der Waals surface area contributed by atoms with Crippen molar-refractivity contribution >= 4 is 5.97 Å². The second-order valence-electron chi connectivity index (χ2n) is 4.49. The third-order valence-corrected chi connectivity index (χ3v) is 2.86. The molecule has 0 fully saturated rings. The minimum absolute atomic E-state index is 0.245. The Kier molecular flexibility index (Phi) is 9.60. The van der Waals surface area contributed by atoms with Crippen molar-refractivity contribution in [2.24, 2.45) is 5.92 Å². The largest absolute Gasteiger partial charge is 0.466 e. The van der Waals surface area contributed by atoms with Gasteiger partial charge in [-0.3, -0.25) is 0 Å². The first-order chi connectivity index (χ1) is 8.56. The number of rotatable bonds is 9. The normalized spacial score (nSPS) is 13.8. The first kappa shape index (κ1) is 17.1. The molecule has 0 aromatic heterocycles. The van der Waals surface area contributed by atoms with Gasteiger partial charge in [0, 0.05) is 24.8 Å². The number of esters is 1. The van der Waals surface area contributed by atoms with Crippen LogP contribution in [0.15, 0.2) is 11.6 Å². The van der Waals surface area contributed by atoms with Gasteiger partial charge in [0.2, 0.25) is 0 Å². The Morgan fingerprint density at radius 1 is 1.33 bits per heavy atom. The molecule has 1 unspecified atom stereocenters. The first-order valence-corrected chi connectivity index (χ1v) is 6.65. The molecular formula is C14H27NO3. The molecule has 1 N–H and O–H groups in total. The summed E-state index contributed by atoms with van der Waals surface area (Å²) >= 11 is 0. The lowest BCUT2D eigenvalue weighted by atomic mass is 10.1. The lowest BCUT2D eigenvalue weighted by molar-refractivity contribution is -0.136. The monoisotopic (exact) mass is 257 g/mol. The Morgan fingerprint density at radius 2 is 2.00 bits per heavy atom. The van der Waals surface area contributed by atoms with Crippen molar-refractivity contribution in [2.45, 2.75) is 40.2 Å². The number of ether oxygens (including phenoxy) is 2. The van der Waals surface area contributed by atoms with Gasteiger partial charge in [0.05, 0.1) is 13.7 Å². The molecule has 4 nitrogen and oxygen atoms in total. The third kappa shape index (κ3) is 6.77. The highest BCUT2D eigenvalue weighted by Gasteiger charge is 2.12. The predicted octanol–water partition coefficient (Wildman–Crippen LogP) is 2.15. The summed E-state index contributed by atoms with van der Waals surface area (Å²) in [5.41, 5.74) is 0.712. The van der Waals surface area contributed by atoms with E-state index in [1.54, 1.807) is 0 Å². The predicted molar refractivity (Wildman–Crippen MR) is 73.5 cm³/mol. The second kappa shape index (κ2) is 10.1. The van der Waals surface area contributed by atoms with E-state index >= 15 is 0 Å². The molecule has 0 aliphatic rings. The number of carbonyl (C=O) groups excluding carboxylic acids is 1. The van der Waals surface area contributed by atoms with Gasteiger partial charge >= 0.3 is 5.97 Å². The van der Waals surface area contributed by atoms with Crippen molar-refractivity contribution in [1.82, 2.24) is 5.32 Å². The maximum absolute atomic E-state index is 11.4. The van der Waals surface area contributed by atoms with Crippen molar-refractivity contribution in [1.29, 1.82) is 0 Å². The van der Waals surface area contributed by atoms with E-state index in [4.69, 9.17) is 9.47 Å². The van der Waals surface area contributed by atoms with Gasteiger partial charge in [0.1, 0.15) is 0 Å². The van der Waals surface area contributed by atoms with Gasteiger partial charge in [-0.2, -0.15) is 0 Å². The fourth-order valence-corrected chi connectivity index (χ4v) is 1.57. The van der Waals surface area contributed by atoms with E-state index in [1.165, 1.54) is 7.11 Å². The topological polar surface area (TPSA) is 47.6 Å². The van der Waals surface area contributed by atoms with Crippen LogP contribution in [-0.2, 0) is 14.3 Å². The van der Waals surface area contributed by atoms with Crippen LogP contribution >= 0.6 is 0 Å². The molecular weight excluding hydrogens is 230 g/mol. The number of carbonyl (C=O) groups is 1. The Bertz CT molecular complexity index is 262. The zero-order valence-corrected chi connectivity index (χ0v) is 12.3. The van der Waals surface area contributed by atoms with E-state index in [9.17, 15) is 4.79 Å². The SMILES string of the molecule is CCOCC(NC/C=C(/CC)C(=O)OC)C(C)C. The highest BCUT2D eigenvalue weighted by molar-refractivity contribution is 5.88. The Labute approximate surface area is 111 Å². The standard InChI is InChI=1S/C14H27NO3/c1-6-12(14(16)17-5)8-9-15-13(11(3)4)10-18-7-2/h8,11,13,15H,6-7,9-10H2,1-5H3/b12-8-. The Balaban J connectivity index is 4.25. The summed E-state index contributed by atoms with van der Waals surface area (Å²) in [4.78, 5) is 11.4. The molecule has 106 valence electrons. The molecule has 0 aromatic rings. The summed E-state index contributed by atoms with van der Waals surface area (Å²) in [5, 5.41) is 3.39. The summed E-state index contributed by atoms with van der Waals surface area (Å²) in [6.07, 6.45) is 2.58. The second-order valence-corrected chi connectivity index (χ2v) is 4.49. The van der Waals surface area contributed by atoms with E-state index in [1.807, 2.05) is 19.9 Å². The number of methoxy groups -OCH3 is 1. The highest BCUT2D eigenvalue weighted by atomic mass is 16.5. The van der Waals surface area contributed by atoms with E-state index < -0.39 is 0 Å². The maximum Gasteiger partial charge on any atom is 0.333 e. The van der Waals surface area contributed by atoms with Gasteiger partial charge in [-0.05, 0) is 19.3 Å². The van der Waals surface area contributed by atoms with Crippen LogP contribution in [0.2, 0.25) is 0 Å². The first-order valence-electron chi connectivity index (χ1n) is 6.65. The minimum atomic E-state index is -0.245. The smallest absolute Gasteiger partial charge is 0.333 e. The van der Waals surface area contributed by atoms with E-state index in [-0.39, 0.29) is 5.97 Å². The zero-order valence-electron chi connectivity index (χ0n) is 12.3. The fraction of sp³-hybridized carbons (Fsp3) is 0.786. The Hall–Kier alpha value is -0.870. The van der Waals surface area contributed by atoms with Crippen LogP contribution in [0.1, 0.15) is 34.1 Å². The molecule has 0 bridgehead atoms. The van der Waals surface area contributed by atoms with Gasteiger partial charge in [-0.15, -0.1) is 0 Å². The molecule has 4 heteroatoms. The van der Waals surface area contributed by atoms with E-state index in [2.05, 4.69) is 19.2 Å².